The first kappa shape index (κ1) is 28.5. The Morgan fingerprint density at radius 3 is 1.21 bits per heavy atom. The van der Waals surface area contributed by atoms with Crippen molar-refractivity contribution in [3.63, 3.8) is 0 Å². The van der Waals surface area contributed by atoms with Crippen molar-refractivity contribution in [3.8, 4) is 32.0 Å². The van der Waals surface area contributed by atoms with Crippen molar-refractivity contribution in [2.24, 2.45) is 0 Å². The smallest absolute Gasteiger partial charge is 0.143 e. The number of rotatable bonds is 3. The first-order chi connectivity index (χ1) is 25.7. The average Bonchev–Trinajstić information content (AvgIpc) is 3.99. The fourth-order valence-corrected chi connectivity index (χ4v) is 10.4. The van der Waals surface area contributed by atoms with E-state index in [0.717, 1.165) is 65.8 Å². The SMILES string of the molecule is c1ccc2sc(-c3cc4c5cc(-c6ccc7oc8c9ccccc9c(-c9cc%10ccccc%10s9)cc8c7c6)ccc5oc4c4ccccc34)cc2c1. The van der Waals surface area contributed by atoms with Gasteiger partial charge in [-0.2, -0.15) is 0 Å². The minimum Gasteiger partial charge on any atom is -0.455 e. The van der Waals surface area contributed by atoms with Crippen LogP contribution in [0.4, 0.5) is 0 Å². The van der Waals surface area contributed by atoms with Gasteiger partial charge in [0.15, 0.2) is 0 Å². The lowest BCUT2D eigenvalue weighted by Crippen LogP contribution is -1.81. The highest BCUT2D eigenvalue weighted by Gasteiger charge is 2.19. The van der Waals surface area contributed by atoms with E-state index in [1.165, 1.54) is 51.8 Å². The molecule has 8 aromatic carbocycles. The van der Waals surface area contributed by atoms with Gasteiger partial charge in [-0.3, -0.25) is 0 Å². The number of hydrogen-bond donors (Lipinski definition) is 0. The minimum absolute atomic E-state index is 0.895. The Morgan fingerprint density at radius 1 is 0.327 bits per heavy atom. The Bertz CT molecular complexity index is 3130. The molecule has 242 valence electrons. The zero-order valence-electron chi connectivity index (χ0n) is 27.6. The zero-order chi connectivity index (χ0) is 33.9. The Morgan fingerprint density at radius 2 is 0.750 bits per heavy atom. The Kier molecular flexibility index (Phi) is 5.84. The van der Waals surface area contributed by atoms with Gasteiger partial charge in [0.05, 0.1) is 0 Å². The van der Waals surface area contributed by atoms with Gasteiger partial charge in [-0.1, -0.05) is 97.1 Å². The Labute approximate surface area is 305 Å². The number of fused-ring (bicyclic) bond motifs is 12. The van der Waals surface area contributed by atoms with Gasteiger partial charge in [-0.05, 0) is 93.3 Å². The molecule has 0 aliphatic heterocycles. The molecule has 0 amide bonds. The standard InChI is InChI=1S/C48H26O2S2/c1-7-15-43-29(9-1)23-45(51-43)37-25-39-35-21-27(17-19-41(35)49-47(39)33-13-5-3-11-31(33)37)28-18-20-42-36(22-28)40-26-38(32-12-4-6-14-34(32)48(40)50-42)46-24-30-10-2-8-16-44(30)52-46/h1-26H. The predicted molar refractivity (Wildman–Crippen MR) is 223 cm³/mol. The fraction of sp³-hybridized carbons (Fsp3) is 0. The zero-order valence-corrected chi connectivity index (χ0v) is 29.3. The summed E-state index contributed by atoms with van der Waals surface area (Å²) in [5.74, 6) is 0. The summed E-state index contributed by atoms with van der Waals surface area (Å²) >= 11 is 3.69. The highest BCUT2D eigenvalue weighted by atomic mass is 32.1. The minimum atomic E-state index is 0.895. The quantitative estimate of drug-likeness (QED) is 0.184. The molecule has 0 fully saturated rings. The molecule has 2 nitrogen and oxygen atoms in total. The number of benzene rings is 8. The van der Waals surface area contributed by atoms with Crippen LogP contribution >= 0.6 is 22.7 Å². The molecule has 0 spiro atoms. The Hall–Kier alpha value is -6.20. The molecule has 0 saturated heterocycles. The van der Waals surface area contributed by atoms with E-state index in [0.29, 0.717) is 0 Å². The van der Waals surface area contributed by atoms with Crippen LogP contribution in [0.3, 0.4) is 0 Å². The van der Waals surface area contributed by atoms with Crippen molar-refractivity contribution in [2.45, 2.75) is 0 Å². The molecule has 0 N–H and O–H groups in total. The van der Waals surface area contributed by atoms with E-state index in [1.807, 2.05) is 22.7 Å². The van der Waals surface area contributed by atoms with Gasteiger partial charge >= 0.3 is 0 Å². The largest absolute Gasteiger partial charge is 0.455 e. The number of hydrogen-bond acceptors (Lipinski definition) is 4. The number of furan rings is 2. The maximum absolute atomic E-state index is 6.63. The second-order valence-corrected chi connectivity index (χ2v) is 15.8. The van der Waals surface area contributed by atoms with Crippen LogP contribution in [0.15, 0.2) is 167 Å². The van der Waals surface area contributed by atoms with E-state index >= 15 is 0 Å². The molecule has 0 radical (unpaired) electrons. The molecule has 0 aliphatic carbocycles. The summed E-state index contributed by atoms with van der Waals surface area (Å²) in [7, 11) is 0. The van der Waals surface area contributed by atoms with Gasteiger partial charge in [0.1, 0.15) is 22.3 Å². The molecule has 12 rings (SSSR count). The predicted octanol–water partition coefficient (Wildman–Crippen LogP) is 15.2. The molecule has 0 unspecified atom stereocenters. The lowest BCUT2D eigenvalue weighted by molar-refractivity contribution is 0.672. The van der Waals surface area contributed by atoms with Crippen molar-refractivity contribution in [1.82, 2.24) is 0 Å². The van der Waals surface area contributed by atoms with Crippen LogP contribution in [0.2, 0.25) is 0 Å². The summed E-state index contributed by atoms with van der Waals surface area (Å²) in [5, 5.41) is 11.8. The van der Waals surface area contributed by atoms with Crippen LogP contribution < -0.4 is 0 Å². The summed E-state index contributed by atoms with van der Waals surface area (Å²) in [6.45, 7) is 0. The van der Waals surface area contributed by atoms with Crippen LogP contribution in [-0.4, -0.2) is 0 Å². The van der Waals surface area contributed by atoms with E-state index in [4.69, 9.17) is 8.83 Å². The van der Waals surface area contributed by atoms with Gasteiger partial charge in [0, 0.05) is 62.6 Å². The average molecular weight is 699 g/mol. The van der Waals surface area contributed by atoms with E-state index in [1.54, 1.807) is 0 Å². The summed E-state index contributed by atoms with van der Waals surface area (Å²) in [5.41, 5.74) is 8.44. The van der Waals surface area contributed by atoms with Gasteiger partial charge < -0.3 is 8.83 Å². The van der Waals surface area contributed by atoms with Crippen molar-refractivity contribution < 1.29 is 8.83 Å². The van der Waals surface area contributed by atoms with Crippen molar-refractivity contribution >= 4 is 108 Å². The summed E-state index contributed by atoms with van der Waals surface area (Å²) in [6.07, 6.45) is 0. The second kappa shape index (κ2) is 10.7. The summed E-state index contributed by atoms with van der Waals surface area (Å²) in [4.78, 5) is 2.54. The fourth-order valence-electron chi connectivity index (χ4n) is 8.19. The van der Waals surface area contributed by atoms with E-state index < -0.39 is 0 Å². The molecule has 0 saturated carbocycles. The first-order valence-corrected chi connectivity index (χ1v) is 19.1. The highest BCUT2D eigenvalue weighted by molar-refractivity contribution is 7.22. The third-order valence-electron chi connectivity index (χ3n) is 10.7. The monoisotopic (exact) mass is 698 g/mol. The van der Waals surface area contributed by atoms with Crippen LogP contribution in [0.25, 0.3) is 118 Å². The van der Waals surface area contributed by atoms with Crippen LogP contribution in [-0.2, 0) is 0 Å². The molecule has 12 aromatic rings. The van der Waals surface area contributed by atoms with Crippen molar-refractivity contribution in [1.29, 1.82) is 0 Å². The van der Waals surface area contributed by atoms with Gasteiger partial charge in [-0.15, -0.1) is 22.7 Å². The van der Waals surface area contributed by atoms with E-state index in [9.17, 15) is 0 Å². The molecule has 52 heavy (non-hydrogen) atoms. The first-order valence-electron chi connectivity index (χ1n) is 17.5. The molecule has 0 atom stereocenters. The van der Waals surface area contributed by atoms with Crippen LogP contribution in [0.5, 0.6) is 0 Å². The molecule has 4 heteroatoms. The molecule has 4 aromatic heterocycles. The lowest BCUT2D eigenvalue weighted by atomic mass is 9.96. The van der Waals surface area contributed by atoms with E-state index in [2.05, 4.69) is 158 Å². The third-order valence-corrected chi connectivity index (χ3v) is 13.0. The summed E-state index contributed by atoms with van der Waals surface area (Å²) in [6, 6.07) is 57.1. The normalized spacial score (nSPS) is 12.2. The molecule has 0 aliphatic rings. The van der Waals surface area contributed by atoms with Crippen molar-refractivity contribution in [3.05, 3.63) is 158 Å². The maximum atomic E-state index is 6.63. The van der Waals surface area contributed by atoms with Gasteiger partial charge in [0.2, 0.25) is 0 Å². The lowest BCUT2D eigenvalue weighted by Gasteiger charge is -2.07. The van der Waals surface area contributed by atoms with Gasteiger partial charge in [-0.25, -0.2) is 0 Å². The third kappa shape index (κ3) is 4.11. The molecule has 4 heterocycles. The maximum Gasteiger partial charge on any atom is 0.143 e. The summed E-state index contributed by atoms with van der Waals surface area (Å²) < 4.78 is 15.9. The van der Waals surface area contributed by atoms with E-state index in [-0.39, 0.29) is 0 Å². The Balaban J connectivity index is 1.06. The second-order valence-electron chi connectivity index (χ2n) is 13.6. The van der Waals surface area contributed by atoms with Gasteiger partial charge in [0.25, 0.3) is 0 Å². The number of thiophene rings is 2. The molecule has 0 bridgehead atoms. The van der Waals surface area contributed by atoms with Crippen molar-refractivity contribution in [2.75, 3.05) is 0 Å². The highest BCUT2D eigenvalue weighted by Crippen LogP contribution is 2.46. The van der Waals surface area contributed by atoms with Crippen LogP contribution in [0.1, 0.15) is 0 Å². The molecular formula is C48H26O2S2. The topological polar surface area (TPSA) is 26.3 Å². The van der Waals surface area contributed by atoms with Crippen LogP contribution in [0, 0.1) is 0 Å². The molecular weight excluding hydrogens is 673 g/mol.